The molecule has 1 fully saturated rings. The van der Waals surface area contributed by atoms with Crippen LogP contribution in [-0.2, 0) is 14.3 Å². The molecule has 1 atom stereocenters. The van der Waals surface area contributed by atoms with Gasteiger partial charge in [-0.1, -0.05) is 0 Å². The summed E-state index contributed by atoms with van der Waals surface area (Å²) in [5.41, 5.74) is 0. The van der Waals surface area contributed by atoms with Gasteiger partial charge in [-0.15, -0.1) is 0 Å². The Morgan fingerprint density at radius 1 is 1.29 bits per heavy atom. The van der Waals surface area contributed by atoms with Gasteiger partial charge in [0.25, 0.3) is 0 Å². The first-order valence-electron chi connectivity index (χ1n) is 5.92. The molecule has 0 aliphatic carbocycles. The Labute approximate surface area is 102 Å². The van der Waals surface area contributed by atoms with E-state index in [1.165, 1.54) is 0 Å². The van der Waals surface area contributed by atoms with Crippen molar-refractivity contribution in [2.75, 3.05) is 40.3 Å². The third-order valence-corrected chi connectivity index (χ3v) is 2.57. The molecule has 2 amide bonds. The molecule has 1 rings (SSSR count). The number of hydrogen-bond acceptors (Lipinski definition) is 4. The number of hydrogen-bond donors (Lipinski definition) is 2. The molecular formula is C11H21N3O3. The fourth-order valence-electron chi connectivity index (χ4n) is 1.57. The molecule has 1 aliphatic rings. The number of likely N-dealkylation sites (N-methyl/N-ethyl adjacent to an activating group) is 1. The molecule has 0 spiro atoms. The van der Waals surface area contributed by atoms with Gasteiger partial charge in [0.1, 0.15) is 0 Å². The third kappa shape index (κ3) is 5.65. The molecule has 6 nitrogen and oxygen atoms in total. The lowest BCUT2D eigenvalue weighted by atomic mass is 10.2. The van der Waals surface area contributed by atoms with Crippen LogP contribution in [0.2, 0.25) is 0 Å². The van der Waals surface area contributed by atoms with Crippen molar-refractivity contribution in [2.45, 2.75) is 18.9 Å². The zero-order valence-corrected chi connectivity index (χ0v) is 10.5. The summed E-state index contributed by atoms with van der Waals surface area (Å²) in [6.45, 7) is 2.35. The number of ether oxygens (including phenoxy) is 1. The average Bonchev–Trinajstić information content (AvgIpc) is 2.78. The summed E-state index contributed by atoms with van der Waals surface area (Å²) >= 11 is 0. The van der Waals surface area contributed by atoms with E-state index in [4.69, 9.17) is 4.74 Å². The summed E-state index contributed by atoms with van der Waals surface area (Å²) in [7, 11) is 3.81. The summed E-state index contributed by atoms with van der Waals surface area (Å²) in [4.78, 5) is 24.7. The molecule has 0 aromatic rings. The maximum Gasteiger partial charge on any atom is 0.309 e. The van der Waals surface area contributed by atoms with E-state index in [-0.39, 0.29) is 6.10 Å². The van der Waals surface area contributed by atoms with E-state index in [1.54, 1.807) is 0 Å². The lowest BCUT2D eigenvalue weighted by Gasteiger charge is -2.12. The van der Waals surface area contributed by atoms with Crippen molar-refractivity contribution >= 4 is 11.8 Å². The second-order valence-corrected chi connectivity index (χ2v) is 4.40. The Bertz CT molecular complexity index is 263. The molecule has 0 bridgehead atoms. The molecule has 2 N–H and O–H groups in total. The summed E-state index contributed by atoms with van der Waals surface area (Å²) < 4.78 is 5.34. The maximum absolute atomic E-state index is 11.4. The van der Waals surface area contributed by atoms with Gasteiger partial charge < -0.3 is 20.3 Å². The van der Waals surface area contributed by atoms with Gasteiger partial charge in [0, 0.05) is 26.2 Å². The predicted molar refractivity (Wildman–Crippen MR) is 63.5 cm³/mol. The topological polar surface area (TPSA) is 70.7 Å². The van der Waals surface area contributed by atoms with Crippen LogP contribution in [0.5, 0.6) is 0 Å². The smallest absolute Gasteiger partial charge is 0.309 e. The molecule has 1 heterocycles. The SMILES string of the molecule is CN(C)CCNC(=O)C(=O)NC[C@@H]1CCCO1. The van der Waals surface area contributed by atoms with Gasteiger partial charge in [0.15, 0.2) is 0 Å². The van der Waals surface area contributed by atoms with Crippen molar-refractivity contribution in [3.05, 3.63) is 0 Å². The Hall–Kier alpha value is -1.14. The highest BCUT2D eigenvalue weighted by Crippen LogP contribution is 2.10. The zero-order valence-electron chi connectivity index (χ0n) is 10.5. The first-order chi connectivity index (χ1) is 8.09. The molecule has 17 heavy (non-hydrogen) atoms. The maximum atomic E-state index is 11.4. The van der Waals surface area contributed by atoms with Gasteiger partial charge >= 0.3 is 11.8 Å². The van der Waals surface area contributed by atoms with Gasteiger partial charge in [-0.25, -0.2) is 0 Å². The van der Waals surface area contributed by atoms with E-state index < -0.39 is 11.8 Å². The van der Waals surface area contributed by atoms with Crippen molar-refractivity contribution < 1.29 is 14.3 Å². The van der Waals surface area contributed by atoms with Crippen LogP contribution in [0, 0.1) is 0 Å². The van der Waals surface area contributed by atoms with Crippen LogP contribution in [0.15, 0.2) is 0 Å². The van der Waals surface area contributed by atoms with Gasteiger partial charge in [-0.3, -0.25) is 9.59 Å². The average molecular weight is 243 g/mol. The Kier molecular flexibility index (Phi) is 5.93. The van der Waals surface area contributed by atoms with Gasteiger partial charge in [-0.2, -0.15) is 0 Å². The lowest BCUT2D eigenvalue weighted by molar-refractivity contribution is -0.139. The number of rotatable bonds is 5. The second-order valence-electron chi connectivity index (χ2n) is 4.40. The lowest BCUT2D eigenvalue weighted by Crippen LogP contribution is -2.44. The van der Waals surface area contributed by atoms with Gasteiger partial charge in [0.2, 0.25) is 0 Å². The van der Waals surface area contributed by atoms with Crippen molar-refractivity contribution in [3.63, 3.8) is 0 Å². The Morgan fingerprint density at radius 3 is 2.59 bits per heavy atom. The van der Waals surface area contributed by atoms with E-state index in [0.717, 1.165) is 19.4 Å². The number of amides is 2. The van der Waals surface area contributed by atoms with Crippen molar-refractivity contribution in [2.24, 2.45) is 0 Å². The van der Waals surface area contributed by atoms with Crippen LogP contribution in [0.25, 0.3) is 0 Å². The molecule has 6 heteroatoms. The summed E-state index contributed by atoms with van der Waals surface area (Å²) in [5.74, 6) is -1.16. The number of carbonyl (C=O) groups excluding carboxylic acids is 2. The monoisotopic (exact) mass is 243 g/mol. The van der Waals surface area contributed by atoms with E-state index in [1.807, 2.05) is 19.0 Å². The molecule has 0 unspecified atom stereocenters. The van der Waals surface area contributed by atoms with Crippen LogP contribution < -0.4 is 10.6 Å². The highest BCUT2D eigenvalue weighted by atomic mass is 16.5. The fraction of sp³-hybridized carbons (Fsp3) is 0.818. The molecule has 1 aliphatic heterocycles. The minimum Gasteiger partial charge on any atom is -0.376 e. The largest absolute Gasteiger partial charge is 0.376 e. The van der Waals surface area contributed by atoms with E-state index in [9.17, 15) is 9.59 Å². The molecule has 0 radical (unpaired) electrons. The number of carbonyl (C=O) groups is 2. The number of nitrogens with one attached hydrogen (secondary N) is 2. The van der Waals surface area contributed by atoms with Crippen molar-refractivity contribution in [3.8, 4) is 0 Å². The predicted octanol–water partition coefficient (Wildman–Crippen LogP) is -1.04. The van der Waals surface area contributed by atoms with Crippen LogP contribution in [0.1, 0.15) is 12.8 Å². The van der Waals surface area contributed by atoms with Crippen molar-refractivity contribution in [1.82, 2.24) is 15.5 Å². The van der Waals surface area contributed by atoms with Crippen molar-refractivity contribution in [1.29, 1.82) is 0 Å². The highest BCUT2D eigenvalue weighted by molar-refractivity contribution is 6.35. The number of nitrogens with zero attached hydrogens (tertiary/aromatic N) is 1. The minimum atomic E-state index is -0.584. The highest BCUT2D eigenvalue weighted by Gasteiger charge is 2.18. The van der Waals surface area contributed by atoms with E-state index in [0.29, 0.717) is 19.6 Å². The Morgan fingerprint density at radius 2 is 2.00 bits per heavy atom. The minimum absolute atomic E-state index is 0.0634. The molecule has 0 aromatic carbocycles. The third-order valence-electron chi connectivity index (χ3n) is 2.57. The molecule has 1 saturated heterocycles. The first-order valence-corrected chi connectivity index (χ1v) is 5.92. The molecule has 0 saturated carbocycles. The standard InChI is InChI=1S/C11H21N3O3/c1-14(2)6-5-12-10(15)11(16)13-8-9-4-3-7-17-9/h9H,3-8H2,1-2H3,(H,12,15)(H,13,16)/t9-/m0/s1. The molecule has 98 valence electrons. The summed E-state index contributed by atoms with van der Waals surface area (Å²) in [6, 6.07) is 0. The summed E-state index contributed by atoms with van der Waals surface area (Å²) in [5, 5.41) is 5.13. The first kappa shape index (κ1) is 13.9. The van der Waals surface area contributed by atoms with Gasteiger partial charge in [0.05, 0.1) is 6.10 Å². The van der Waals surface area contributed by atoms with Gasteiger partial charge in [-0.05, 0) is 26.9 Å². The molecular weight excluding hydrogens is 222 g/mol. The van der Waals surface area contributed by atoms with E-state index >= 15 is 0 Å². The van der Waals surface area contributed by atoms with Crippen LogP contribution in [0.3, 0.4) is 0 Å². The molecule has 0 aromatic heterocycles. The van der Waals surface area contributed by atoms with Crippen LogP contribution >= 0.6 is 0 Å². The Balaban J connectivity index is 2.11. The fourth-order valence-corrected chi connectivity index (χ4v) is 1.57. The quantitative estimate of drug-likeness (QED) is 0.605. The van der Waals surface area contributed by atoms with Crippen LogP contribution in [-0.4, -0.2) is 63.2 Å². The second kappa shape index (κ2) is 7.24. The summed E-state index contributed by atoms with van der Waals surface area (Å²) in [6.07, 6.45) is 2.03. The normalized spacial score (nSPS) is 19.4. The van der Waals surface area contributed by atoms with E-state index in [2.05, 4.69) is 10.6 Å². The van der Waals surface area contributed by atoms with Crippen LogP contribution in [0.4, 0.5) is 0 Å². The zero-order chi connectivity index (χ0) is 12.7.